The molecule has 0 rings (SSSR count). The first kappa shape index (κ1) is 3.96. The highest BCUT2D eigenvalue weighted by molar-refractivity contribution is 4.23. The Hall–Kier alpha value is -0.0400. The monoisotopic (exact) mass is 58.0 g/mol. The summed E-state index contributed by atoms with van der Waals surface area (Å²) in [4.78, 5) is 0. The molecule has 0 aromatic heterocycles. The van der Waals surface area contributed by atoms with E-state index in [0.717, 1.165) is 0 Å². The van der Waals surface area contributed by atoms with Crippen molar-refractivity contribution >= 4 is 0 Å². The fourth-order valence-electron chi connectivity index (χ4n) is 0. The third kappa shape index (κ3) is 1.96. The van der Waals surface area contributed by atoms with E-state index in [-0.39, 0.29) is 0 Å². The molecule has 4 heavy (non-hydrogen) atoms. The van der Waals surface area contributed by atoms with Crippen molar-refractivity contribution in [3.8, 4) is 0 Å². The van der Waals surface area contributed by atoms with Gasteiger partial charge in [0.1, 0.15) is 0 Å². The lowest BCUT2D eigenvalue weighted by Gasteiger charge is -1.75. The van der Waals surface area contributed by atoms with Gasteiger partial charge in [0.05, 0.1) is 7.11 Å². The number of ether oxygens (including phenoxy) is 1. The van der Waals surface area contributed by atoms with Crippen LogP contribution in [0.3, 0.4) is 0 Å². The van der Waals surface area contributed by atoms with Gasteiger partial charge in [0, 0.05) is 6.61 Å². The van der Waals surface area contributed by atoms with E-state index in [2.05, 4.69) is 18.8 Å². The van der Waals surface area contributed by atoms with Crippen molar-refractivity contribution in [2.75, 3.05) is 6.61 Å². The van der Waals surface area contributed by atoms with Gasteiger partial charge >= 0.3 is 0 Å². The highest BCUT2D eigenvalue weighted by Gasteiger charge is 1.52. The van der Waals surface area contributed by atoms with Gasteiger partial charge in [-0.2, -0.15) is 0 Å². The molecule has 2 radical (unpaired) electrons. The normalized spacial score (nSPS) is 7.50. The van der Waals surface area contributed by atoms with E-state index < -0.39 is 0 Å². The summed E-state index contributed by atoms with van der Waals surface area (Å²) < 4.78 is 4.18. The van der Waals surface area contributed by atoms with Crippen molar-refractivity contribution in [3.05, 3.63) is 14.0 Å². The van der Waals surface area contributed by atoms with Gasteiger partial charge in [-0.25, -0.2) is 0 Å². The molecule has 0 heterocycles. The molecule has 0 saturated carbocycles. The molecule has 0 amide bonds. The summed E-state index contributed by atoms with van der Waals surface area (Å²) in [5.41, 5.74) is 0. The van der Waals surface area contributed by atoms with Crippen LogP contribution in [-0.2, 0) is 4.74 Å². The Morgan fingerprint density at radius 2 is 2.00 bits per heavy atom. The highest BCUT2D eigenvalue weighted by Crippen LogP contribution is 1.55. The van der Waals surface area contributed by atoms with Crippen LogP contribution >= 0.6 is 0 Å². The van der Waals surface area contributed by atoms with E-state index in [9.17, 15) is 0 Å². The van der Waals surface area contributed by atoms with Gasteiger partial charge in [-0.05, 0) is 6.92 Å². The second-order valence-electron chi connectivity index (χ2n) is 0.408. The van der Waals surface area contributed by atoms with Crippen molar-refractivity contribution in [1.29, 1.82) is 0 Å². The molecule has 1 heteroatoms. The van der Waals surface area contributed by atoms with Gasteiger partial charge < -0.3 is 4.74 Å². The minimum absolute atomic E-state index is 0.458. The van der Waals surface area contributed by atoms with Crippen molar-refractivity contribution in [2.24, 2.45) is 0 Å². The maximum absolute atomic E-state index is 4.18. The number of rotatable bonds is 1. The molecule has 0 saturated heterocycles. The Labute approximate surface area is 26.6 Å². The van der Waals surface area contributed by atoms with Crippen LogP contribution in [0.1, 0.15) is 0 Å². The molecular weight excluding hydrogens is 52.0 g/mol. The molecule has 1 nitrogen and oxygen atoms in total. The molecule has 0 aromatic carbocycles. The van der Waals surface area contributed by atoms with E-state index in [0.29, 0.717) is 6.61 Å². The highest BCUT2D eigenvalue weighted by atomic mass is 16.5. The van der Waals surface area contributed by atoms with Gasteiger partial charge in [-0.3, -0.25) is 0 Å². The summed E-state index contributed by atoms with van der Waals surface area (Å²) in [6.07, 6.45) is 0. The largest absolute Gasteiger partial charge is 0.379 e. The fourth-order valence-corrected chi connectivity index (χ4v) is 0. The van der Waals surface area contributed by atoms with Gasteiger partial charge in [0.25, 0.3) is 0 Å². The van der Waals surface area contributed by atoms with E-state index in [4.69, 9.17) is 0 Å². The second-order valence-corrected chi connectivity index (χ2v) is 0.408. The molecule has 0 aliphatic carbocycles. The standard InChI is InChI=1S/C3H6O/c1-3-4-2/h1-3H2. The van der Waals surface area contributed by atoms with E-state index in [1.807, 2.05) is 0 Å². The van der Waals surface area contributed by atoms with Crippen molar-refractivity contribution in [3.63, 3.8) is 0 Å². The summed E-state index contributed by atoms with van der Waals surface area (Å²) in [5.74, 6) is 0. The third-order valence-electron chi connectivity index (χ3n) is 0.144. The number of hydrogen-bond acceptors (Lipinski definition) is 1. The van der Waals surface area contributed by atoms with Crippen LogP contribution in [0.15, 0.2) is 0 Å². The maximum atomic E-state index is 4.18. The Bertz CT molecular complexity index is 5.25. The lowest BCUT2D eigenvalue weighted by molar-refractivity contribution is 0.280. The van der Waals surface area contributed by atoms with Gasteiger partial charge in [0.2, 0.25) is 0 Å². The van der Waals surface area contributed by atoms with Crippen LogP contribution in [0.5, 0.6) is 0 Å². The van der Waals surface area contributed by atoms with Crippen molar-refractivity contribution < 1.29 is 4.74 Å². The Morgan fingerprint density at radius 3 is 2.00 bits per heavy atom. The average molecular weight is 58.1 g/mol. The van der Waals surface area contributed by atoms with Crippen LogP contribution in [0.25, 0.3) is 0 Å². The van der Waals surface area contributed by atoms with Crippen molar-refractivity contribution in [1.82, 2.24) is 0 Å². The summed E-state index contributed by atoms with van der Waals surface area (Å²) in [7, 11) is 3.04. The molecule has 0 unspecified atom stereocenters. The minimum Gasteiger partial charge on any atom is -0.379 e. The van der Waals surface area contributed by atoms with E-state index >= 15 is 0 Å². The molecule has 0 atom stereocenters. The predicted molar refractivity (Wildman–Crippen MR) is 16.7 cm³/mol. The molecule has 0 fully saturated rings. The maximum Gasteiger partial charge on any atom is 0.0700 e. The molecule has 24 valence electrons. The van der Waals surface area contributed by atoms with E-state index in [1.165, 1.54) is 0 Å². The lowest BCUT2D eigenvalue weighted by Crippen LogP contribution is -1.70. The zero-order valence-electron chi connectivity index (χ0n) is 2.53. The SMILES string of the molecule is [CH2]CO[CH2]. The number of hydrogen-bond donors (Lipinski definition) is 0. The Kier molecular flexibility index (Phi) is 2.93. The zero-order chi connectivity index (χ0) is 3.41. The van der Waals surface area contributed by atoms with Crippen LogP contribution < -0.4 is 0 Å². The average Bonchev–Trinajstić information content (AvgIpc) is 1.37. The predicted octanol–water partition coefficient (Wildman–Crippen LogP) is 0.629. The summed E-state index contributed by atoms with van der Waals surface area (Å²) in [5, 5.41) is 0. The summed E-state index contributed by atoms with van der Waals surface area (Å²) >= 11 is 0. The first-order chi connectivity index (χ1) is 1.91. The molecular formula is C3H6O. The first-order valence-electron chi connectivity index (χ1n) is 1.08. The van der Waals surface area contributed by atoms with Crippen LogP contribution in [-0.4, -0.2) is 6.61 Å². The topological polar surface area (TPSA) is 9.23 Å². The van der Waals surface area contributed by atoms with Gasteiger partial charge in [0.15, 0.2) is 0 Å². The third-order valence-corrected chi connectivity index (χ3v) is 0.144. The minimum atomic E-state index is 0.458. The second kappa shape index (κ2) is 2.96. The van der Waals surface area contributed by atoms with Crippen LogP contribution in [0.4, 0.5) is 0 Å². The van der Waals surface area contributed by atoms with Gasteiger partial charge in [-0.1, -0.05) is 0 Å². The molecule has 0 aliphatic heterocycles. The summed E-state index contributed by atoms with van der Waals surface area (Å²) in [6, 6.07) is 0. The summed E-state index contributed by atoms with van der Waals surface area (Å²) in [6.45, 7) is 3.78. The van der Waals surface area contributed by atoms with Crippen molar-refractivity contribution in [2.45, 2.75) is 0 Å². The Morgan fingerprint density at radius 1 is 1.75 bits per heavy atom. The fraction of sp³-hybridized carbons (Fsp3) is 0.333. The van der Waals surface area contributed by atoms with Crippen LogP contribution in [0, 0.1) is 14.0 Å². The smallest absolute Gasteiger partial charge is 0.0700 e. The molecule has 0 N–H and O–H groups in total. The quantitative estimate of drug-likeness (QED) is 0.429. The molecule has 0 spiro atoms. The van der Waals surface area contributed by atoms with Crippen LogP contribution in [0.2, 0.25) is 0 Å². The Balaban J connectivity index is 1.97. The zero-order valence-corrected chi connectivity index (χ0v) is 2.53. The molecule has 0 bridgehead atoms. The van der Waals surface area contributed by atoms with E-state index in [1.54, 1.807) is 0 Å². The lowest BCUT2D eigenvalue weighted by atomic mass is 10.9. The van der Waals surface area contributed by atoms with Gasteiger partial charge in [-0.15, -0.1) is 0 Å². The molecule has 0 aromatic rings. The molecule has 0 aliphatic rings. The first-order valence-corrected chi connectivity index (χ1v) is 1.08.